The van der Waals surface area contributed by atoms with E-state index in [1.54, 1.807) is 4.90 Å². The fourth-order valence-corrected chi connectivity index (χ4v) is 4.18. The molecule has 4 amide bonds. The number of urea groups is 1. The first-order chi connectivity index (χ1) is 13.0. The molecule has 2 atom stereocenters. The van der Waals surface area contributed by atoms with Gasteiger partial charge >= 0.3 is 6.03 Å². The average Bonchev–Trinajstić information content (AvgIpc) is 2.90. The van der Waals surface area contributed by atoms with Crippen LogP contribution in [-0.4, -0.2) is 41.4 Å². The molecule has 146 valence electrons. The van der Waals surface area contributed by atoms with Gasteiger partial charge in [0.05, 0.1) is 0 Å². The lowest BCUT2D eigenvalue weighted by Gasteiger charge is -2.36. The van der Waals surface area contributed by atoms with Gasteiger partial charge in [0.15, 0.2) is 0 Å². The summed E-state index contributed by atoms with van der Waals surface area (Å²) in [5.41, 5.74) is -0.0277. The lowest BCUT2D eigenvalue weighted by atomic mass is 9.73. The largest absolute Gasteiger partial charge is 0.325 e. The van der Waals surface area contributed by atoms with Gasteiger partial charge in [-0.15, -0.1) is 0 Å². The number of hydrogen-bond acceptors (Lipinski definition) is 3. The summed E-state index contributed by atoms with van der Waals surface area (Å²) in [7, 11) is 0. The summed E-state index contributed by atoms with van der Waals surface area (Å²) >= 11 is 0. The minimum atomic E-state index is -0.823. The highest BCUT2D eigenvalue weighted by Gasteiger charge is 2.55. The smallest absolute Gasteiger partial charge is 0.323 e. The molecular weight excluding hydrogens is 342 g/mol. The average molecular weight is 371 g/mol. The predicted molar refractivity (Wildman–Crippen MR) is 104 cm³/mol. The molecule has 1 spiro atoms. The number of amides is 4. The van der Waals surface area contributed by atoms with Crippen molar-refractivity contribution in [3.63, 3.8) is 0 Å². The zero-order valence-corrected chi connectivity index (χ0v) is 16.2. The maximum absolute atomic E-state index is 13.1. The minimum absolute atomic E-state index is 0.0909. The Labute approximate surface area is 160 Å². The van der Waals surface area contributed by atoms with E-state index in [2.05, 4.69) is 12.2 Å². The molecule has 6 nitrogen and oxygen atoms in total. The van der Waals surface area contributed by atoms with Crippen molar-refractivity contribution < 1.29 is 14.4 Å². The number of hydrogen-bond donors (Lipinski definition) is 1. The van der Waals surface area contributed by atoms with Gasteiger partial charge in [-0.2, -0.15) is 0 Å². The number of anilines is 1. The zero-order chi connectivity index (χ0) is 19.4. The lowest BCUT2D eigenvalue weighted by Crippen LogP contribution is -2.54. The van der Waals surface area contributed by atoms with Crippen LogP contribution >= 0.6 is 0 Å². The van der Waals surface area contributed by atoms with E-state index in [1.807, 2.05) is 37.3 Å². The van der Waals surface area contributed by atoms with Crippen molar-refractivity contribution in [2.75, 3.05) is 18.0 Å². The van der Waals surface area contributed by atoms with Crippen LogP contribution in [0, 0.1) is 5.92 Å². The van der Waals surface area contributed by atoms with Gasteiger partial charge in [0, 0.05) is 12.2 Å². The summed E-state index contributed by atoms with van der Waals surface area (Å²) in [5, 5.41) is 2.91. The van der Waals surface area contributed by atoms with Crippen molar-refractivity contribution in [2.24, 2.45) is 5.92 Å². The number of nitrogens with one attached hydrogen (secondary N) is 1. The third-order valence-electron chi connectivity index (χ3n) is 5.90. The molecule has 2 aliphatic rings. The Morgan fingerprint density at radius 1 is 1.26 bits per heavy atom. The molecule has 1 saturated heterocycles. The Bertz CT molecular complexity index is 706. The fourth-order valence-electron chi connectivity index (χ4n) is 4.18. The number of rotatable bonds is 6. The number of unbranched alkanes of at least 4 members (excludes halogenated alkanes) is 1. The van der Waals surface area contributed by atoms with E-state index in [0.717, 1.165) is 42.7 Å². The molecule has 2 unspecified atom stereocenters. The standard InChI is InChI=1S/C21H29N3O3/c1-3-4-14-23(17-11-6-5-7-12-17)18(25)15-24-19(26)21(22-20(24)27)13-9-8-10-16(21)2/h5-7,11-12,16H,3-4,8-10,13-15H2,1-2H3,(H,22,27). The molecule has 0 radical (unpaired) electrons. The molecule has 1 saturated carbocycles. The van der Waals surface area contributed by atoms with Crippen LogP contribution in [0.4, 0.5) is 10.5 Å². The number of nitrogens with zero attached hydrogens (tertiary/aromatic N) is 2. The summed E-state index contributed by atoms with van der Waals surface area (Å²) in [6.45, 7) is 4.45. The Morgan fingerprint density at radius 3 is 2.67 bits per heavy atom. The number of imide groups is 1. The first-order valence-corrected chi connectivity index (χ1v) is 9.99. The van der Waals surface area contributed by atoms with Crippen LogP contribution in [0.15, 0.2) is 30.3 Å². The lowest BCUT2D eigenvalue weighted by molar-refractivity contribution is -0.136. The van der Waals surface area contributed by atoms with E-state index in [9.17, 15) is 14.4 Å². The summed E-state index contributed by atoms with van der Waals surface area (Å²) in [6.07, 6.45) is 5.39. The van der Waals surface area contributed by atoms with Crippen LogP contribution in [0.3, 0.4) is 0 Å². The third kappa shape index (κ3) is 3.70. The summed E-state index contributed by atoms with van der Waals surface area (Å²) in [6, 6.07) is 8.99. The van der Waals surface area contributed by atoms with Crippen LogP contribution in [0.5, 0.6) is 0 Å². The van der Waals surface area contributed by atoms with Crippen LogP contribution in [0.25, 0.3) is 0 Å². The van der Waals surface area contributed by atoms with E-state index in [4.69, 9.17) is 0 Å². The molecule has 1 aromatic rings. The van der Waals surface area contributed by atoms with Crippen molar-refractivity contribution in [1.29, 1.82) is 0 Å². The molecule has 6 heteroatoms. The third-order valence-corrected chi connectivity index (χ3v) is 5.90. The Hall–Kier alpha value is -2.37. The normalized spacial score (nSPS) is 25.0. The molecule has 1 aliphatic carbocycles. The monoisotopic (exact) mass is 371 g/mol. The molecule has 27 heavy (non-hydrogen) atoms. The first-order valence-electron chi connectivity index (χ1n) is 9.99. The summed E-state index contributed by atoms with van der Waals surface area (Å²) < 4.78 is 0. The summed E-state index contributed by atoms with van der Waals surface area (Å²) in [4.78, 5) is 41.4. The number of carbonyl (C=O) groups is 3. The topological polar surface area (TPSA) is 69.7 Å². The van der Waals surface area contributed by atoms with Crippen molar-refractivity contribution >= 4 is 23.5 Å². The van der Waals surface area contributed by atoms with Crippen LogP contribution < -0.4 is 10.2 Å². The minimum Gasteiger partial charge on any atom is -0.323 e. The van der Waals surface area contributed by atoms with E-state index in [-0.39, 0.29) is 24.3 Å². The van der Waals surface area contributed by atoms with Gasteiger partial charge in [0.2, 0.25) is 5.91 Å². The first kappa shape index (κ1) is 19.4. The molecule has 0 aromatic heterocycles. The SMILES string of the molecule is CCCCN(C(=O)CN1C(=O)NC2(CCCCC2C)C1=O)c1ccccc1. The summed E-state index contributed by atoms with van der Waals surface area (Å²) in [5.74, 6) is -0.372. The fraction of sp³-hybridized carbons (Fsp3) is 0.571. The van der Waals surface area contributed by atoms with Gasteiger partial charge in [0.25, 0.3) is 5.91 Å². The van der Waals surface area contributed by atoms with Crippen molar-refractivity contribution in [1.82, 2.24) is 10.2 Å². The highest BCUT2D eigenvalue weighted by molar-refractivity contribution is 6.10. The van der Waals surface area contributed by atoms with E-state index >= 15 is 0 Å². The highest BCUT2D eigenvalue weighted by Crippen LogP contribution is 2.38. The Balaban J connectivity index is 1.77. The van der Waals surface area contributed by atoms with Crippen LogP contribution in [-0.2, 0) is 9.59 Å². The van der Waals surface area contributed by atoms with Crippen LogP contribution in [0.1, 0.15) is 52.4 Å². The van der Waals surface area contributed by atoms with Gasteiger partial charge < -0.3 is 10.2 Å². The Kier molecular flexibility index (Phi) is 5.82. The van der Waals surface area contributed by atoms with Crippen LogP contribution in [0.2, 0.25) is 0 Å². The van der Waals surface area contributed by atoms with Gasteiger partial charge in [-0.25, -0.2) is 4.79 Å². The van der Waals surface area contributed by atoms with Gasteiger partial charge in [0.1, 0.15) is 12.1 Å². The van der Waals surface area contributed by atoms with E-state index < -0.39 is 11.6 Å². The second kappa shape index (κ2) is 8.11. The van der Waals surface area contributed by atoms with Gasteiger partial charge in [-0.05, 0) is 37.3 Å². The van der Waals surface area contributed by atoms with Gasteiger partial charge in [-0.3, -0.25) is 14.5 Å². The second-order valence-corrected chi connectivity index (χ2v) is 7.67. The zero-order valence-electron chi connectivity index (χ0n) is 16.2. The molecule has 1 N–H and O–H groups in total. The Morgan fingerprint density at radius 2 is 2.00 bits per heavy atom. The number of benzene rings is 1. The molecular formula is C21H29N3O3. The second-order valence-electron chi connectivity index (χ2n) is 7.67. The molecule has 1 aliphatic heterocycles. The van der Waals surface area contributed by atoms with E-state index in [1.165, 1.54) is 0 Å². The molecule has 1 aromatic carbocycles. The maximum atomic E-state index is 13.1. The maximum Gasteiger partial charge on any atom is 0.325 e. The van der Waals surface area contributed by atoms with E-state index in [0.29, 0.717) is 13.0 Å². The van der Waals surface area contributed by atoms with Gasteiger partial charge in [-0.1, -0.05) is 51.3 Å². The quantitative estimate of drug-likeness (QED) is 0.780. The number of carbonyl (C=O) groups excluding carboxylic acids is 3. The molecule has 3 rings (SSSR count). The molecule has 0 bridgehead atoms. The van der Waals surface area contributed by atoms with Crippen molar-refractivity contribution in [3.05, 3.63) is 30.3 Å². The highest BCUT2D eigenvalue weighted by atomic mass is 16.2. The number of para-hydroxylation sites is 1. The van der Waals surface area contributed by atoms with Crippen molar-refractivity contribution in [3.8, 4) is 0 Å². The molecule has 2 fully saturated rings. The molecule has 1 heterocycles. The predicted octanol–water partition coefficient (Wildman–Crippen LogP) is 3.32. The van der Waals surface area contributed by atoms with Crippen molar-refractivity contribution in [2.45, 2.75) is 57.9 Å².